The fourth-order valence-electron chi connectivity index (χ4n) is 6.83. The van der Waals surface area contributed by atoms with E-state index >= 15 is 0 Å². The molecule has 2 heterocycles. The number of nitrogens with two attached hydrogens (primary N) is 1. The van der Waals surface area contributed by atoms with Crippen LogP contribution in [0.25, 0.3) is 5.57 Å². The van der Waals surface area contributed by atoms with Gasteiger partial charge in [-0.3, -0.25) is 4.90 Å². The van der Waals surface area contributed by atoms with Crippen molar-refractivity contribution in [2.45, 2.75) is 111 Å². The number of allylic oxidation sites excluding steroid dienone is 2. The van der Waals surface area contributed by atoms with Crippen molar-refractivity contribution in [2.24, 2.45) is 15.7 Å². The van der Waals surface area contributed by atoms with Gasteiger partial charge >= 0.3 is 0 Å². The van der Waals surface area contributed by atoms with Crippen LogP contribution >= 0.6 is 0 Å². The molecule has 0 aromatic heterocycles. The molecule has 0 aliphatic carbocycles. The number of aliphatic imine (C=N–C) groups is 2. The summed E-state index contributed by atoms with van der Waals surface area (Å²) in [5.74, 6) is 1.47. The van der Waals surface area contributed by atoms with Gasteiger partial charge in [-0.1, -0.05) is 60.1 Å². The maximum absolute atomic E-state index is 6.37. The van der Waals surface area contributed by atoms with E-state index in [9.17, 15) is 0 Å². The number of anilines is 1. The van der Waals surface area contributed by atoms with E-state index in [-0.39, 0.29) is 0 Å². The molecule has 1 saturated heterocycles. The van der Waals surface area contributed by atoms with Gasteiger partial charge in [-0.25, -0.2) is 9.98 Å². The highest BCUT2D eigenvalue weighted by atomic mass is 15.2. The quantitative estimate of drug-likeness (QED) is 0.191. The van der Waals surface area contributed by atoms with Crippen LogP contribution < -0.4 is 10.6 Å². The molecule has 1 atom stereocenters. The summed E-state index contributed by atoms with van der Waals surface area (Å²) in [6, 6.07) is 8.03. The summed E-state index contributed by atoms with van der Waals surface area (Å²) in [7, 11) is 6.55. The summed E-state index contributed by atoms with van der Waals surface area (Å²) in [5.41, 5.74) is 14.0. The van der Waals surface area contributed by atoms with Gasteiger partial charge in [0.2, 0.25) is 0 Å². The van der Waals surface area contributed by atoms with Crippen LogP contribution in [0.2, 0.25) is 0 Å². The van der Waals surface area contributed by atoms with E-state index < -0.39 is 0 Å². The maximum Gasteiger partial charge on any atom is 0.132 e. The van der Waals surface area contributed by atoms with E-state index in [0.717, 1.165) is 74.5 Å². The number of hydrogen-bond acceptors (Lipinski definition) is 7. The van der Waals surface area contributed by atoms with Crippen LogP contribution in [0.4, 0.5) is 5.69 Å². The van der Waals surface area contributed by atoms with Gasteiger partial charge in [0.15, 0.2) is 0 Å². The Morgan fingerprint density at radius 2 is 1.76 bits per heavy atom. The first kappa shape index (κ1) is 37.6. The van der Waals surface area contributed by atoms with Crippen molar-refractivity contribution in [1.82, 2.24) is 14.7 Å². The van der Waals surface area contributed by atoms with Crippen LogP contribution in [0.1, 0.15) is 104 Å². The Morgan fingerprint density at radius 3 is 2.35 bits per heavy atom. The Labute approximate surface area is 282 Å². The number of rotatable bonds is 17. The van der Waals surface area contributed by atoms with Gasteiger partial charge in [0.25, 0.3) is 0 Å². The van der Waals surface area contributed by atoms with Crippen LogP contribution in [0.15, 0.2) is 57.9 Å². The van der Waals surface area contributed by atoms with Crippen LogP contribution in [0.5, 0.6) is 0 Å². The van der Waals surface area contributed by atoms with Gasteiger partial charge in [-0.05, 0) is 101 Å². The summed E-state index contributed by atoms with van der Waals surface area (Å²) in [5, 5.41) is 0. The van der Waals surface area contributed by atoms with Crippen molar-refractivity contribution in [2.75, 3.05) is 58.8 Å². The van der Waals surface area contributed by atoms with Crippen molar-refractivity contribution in [3.63, 3.8) is 0 Å². The zero-order valence-corrected chi connectivity index (χ0v) is 30.8. The predicted molar refractivity (Wildman–Crippen MR) is 202 cm³/mol. The lowest BCUT2D eigenvalue weighted by molar-refractivity contribution is 0.155. The third-order valence-electron chi connectivity index (χ3n) is 9.99. The zero-order valence-electron chi connectivity index (χ0n) is 30.8. The van der Waals surface area contributed by atoms with E-state index in [1.807, 2.05) is 6.20 Å². The maximum atomic E-state index is 6.37. The minimum absolute atomic E-state index is 0.438. The lowest BCUT2D eigenvalue weighted by Gasteiger charge is -2.40. The average Bonchev–Trinajstić information content (AvgIpc) is 3.06. The molecule has 0 spiro atoms. The highest BCUT2D eigenvalue weighted by molar-refractivity contribution is 6.42. The van der Waals surface area contributed by atoms with E-state index in [4.69, 9.17) is 10.7 Å². The Kier molecular flexibility index (Phi) is 15.1. The summed E-state index contributed by atoms with van der Waals surface area (Å²) in [6.45, 7) is 23.5. The van der Waals surface area contributed by atoms with Gasteiger partial charge in [0.1, 0.15) is 11.7 Å². The summed E-state index contributed by atoms with van der Waals surface area (Å²) >= 11 is 0. The number of hydrogen-bond donors (Lipinski definition) is 1. The van der Waals surface area contributed by atoms with Gasteiger partial charge in [0.05, 0.1) is 5.71 Å². The molecule has 256 valence electrons. The number of nitrogens with zero attached hydrogens (tertiary/aromatic N) is 6. The monoisotopic (exact) mass is 632 g/mol. The van der Waals surface area contributed by atoms with Crippen LogP contribution in [0.3, 0.4) is 0 Å². The molecule has 1 unspecified atom stereocenters. The number of benzene rings is 1. The highest BCUT2D eigenvalue weighted by Crippen LogP contribution is 2.33. The SMILES string of the molecule is C=C1C(N)=NC=C(c2ccc(N3CCC(N(CCC)CCN(C)C)CC3)c(CC)c2)C1=N/C(=C(\C)CC)N(C)C(CC)CCCC. The third kappa shape index (κ3) is 9.57. The van der Waals surface area contributed by atoms with Crippen LogP contribution in [0, 0.1) is 0 Å². The normalized spacial score (nSPS) is 18.3. The van der Waals surface area contributed by atoms with Gasteiger partial charge in [-0.15, -0.1) is 0 Å². The molecule has 0 saturated carbocycles. The van der Waals surface area contributed by atoms with Gasteiger partial charge in [-0.2, -0.15) is 0 Å². The van der Waals surface area contributed by atoms with Crippen molar-refractivity contribution in [3.8, 4) is 0 Å². The number of piperidine rings is 1. The van der Waals surface area contributed by atoms with Crippen molar-refractivity contribution >= 4 is 22.8 Å². The highest BCUT2D eigenvalue weighted by Gasteiger charge is 2.27. The Hall–Kier alpha value is -2.90. The molecule has 7 nitrogen and oxygen atoms in total. The zero-order chi connectivity index (χ0) is 33.8. The second kappa shape index (κ2) is 18.4. The molecule has 0 amide bonds. The van der Waals surface area contributed by atoms with Gasteiger partial charge in [0, 0.05) is 68.3 Å². The molecule has 1 aromatic carbocycles. The molecule has 2 aliphatic rings. The topological polar surface area (TPSA) is 63.7 Å². The van der Waals surface area contributed by atoms with Crippen LogP contribution in [-0.4, -0.2) is 92.2 Å². The van der Waals surface area contributed by atoms with E-state index in [0.29, 0.717) is 23.5 Å². The van der Waals surface area contributed by atoms with E-state index in [1.165, 1.54) is 55.5 Å². The first-order chi connectivity index (χ1) is 22.1. The van der Waals surface area contributed by atoms with E-state index in [1.54, 1.807) is 0 Å². The van der Waals surface area contributed by atoms with E-state index in [2.05, 4.69) is 112 Å². The fraction of sp³-hybridized carbons (Fsp3) is 0.641. The first-order valence-corrected chi connectivity index (χ1v) is 18.1. The second-order valence-electron chi connectivity index (χ2n) is 13.5. The Bertz CT molecular complexity index is 1260. The Morgan fingerprint density at radius 1 is 1.04 bits per heavy atom. The summed E-state index contributed by atoms with van der Waals surface area (Å²) in [4.78, 5) is 20.0. The minimum Gasteiger partial charge on any atom is -0.383 e. The third-order valence-corrected chi connectivity index (χ3v) is 9.99. The lowest BCUT2D eigenvalue weighted by Crippen LogP contribution is -2.47. The number of likely N-dealkylation sites (N-methyl/N-ethyl adjacent to an activating group) is 1. The summed E-state index contributed by atoms with van der Waals surface area (Å²) in [6.07, 6.45) is 12.1. The molecule has 1 aromatic rings. The molecule has 0 bridgehead atoms. The molecule has 2 N–H and O–H groups in total. The Balaban J connectivity index is 1.92. The lowest BCUT2D eigenvalue weighted by atomic mass is 9.92. The number of aryl methyl sites for hydroxylation is 1. The molecule has 7 heteroatoms. The molecule has 46 heavy (non-hydrogen) atoms. The molecular formula is C39H65N7. The second-order valence-corrected chi connectivity index (χ2v) is 13.5. The number of unbranched alkanes of at least 4 members (excludes halogenated alkanes) is 1. The van der Waals surface area contributed by atoms with Crippen LogP contribution in [-0.2, 0) is 6.42 Å². The fourth-order valence-corrected chi connectivity index (χ4v) is 6.83. The number of amidine groups is 1. The minimum atomic E-state index is 0.438. The van der Waals surface area contributed by atoms with Crippen molar-refractivity contribution in [3.05, 3.63) is 59.1 Å². The predicted octanol–water partition coefficient (Wildman–Crippen LogP) is 7.74. The molecule has 2 aliphatic heterocycles. The van der Waals surface area contributed by atoms with Gasteiger partial charge < -0.3 is 20.4 Å². The average molecular weight is 632 g/mol. The molecular weight excluding hydrogens is 566 g/mol. The summed E-state index contributed by atoms with van der Waals surface area (Å²) < 4.78 is 0. The molecule has 1 fully saturated rings. The molecule has 0 radical (unpaired) electrons. The standard InChI is InChI=1S/C39H65N7/c1-11-16-17-33(15-5)44(10)39(29(6)13-3)42-37-30(7)38(40)41-28-35(37)32-18-19-36(31(14-4)27-32)46-23-20-34(21-24-46)45(22-12-2)26-25-43(8)9/h18-19,27-28,33-34H,7,11-17,20-26H2,1-6,8-10H3,(H2,40,41)/b39-29-,42-37?. The van der Waals surface area contributed by atoms with Crippen molar-refractivity contribution < 1.29 is 0 Å². The van der Waals surface area contributed by atoms with Crippen molar-refractivity contribution in [1.29, 1.82) is 0 Å². The molecule has 3 rings (SSSR count). The smallest absolute Gasteiger partial charge is 0.132 e. The largest absolute Gasteiger partial charge is 0.383 e. The first-order valence-electron chi connectivity index (χ1n) is 18.1.